The zero-order valence-corrected chi connectivity index (χ0v) is 63.8. The molecule has 0 amide bonds. The summed E-state index contributed by atoms with van der Waals surface area (Å²) < 4.78 is 68.4. The van der Waals surface area contributed by atoms with E-state index in [1.807, 2.05) is 0 Å². The van der Waals surface area contributed by atoms with Crippen LogP contribution in [0.4, 0.5) is 0 Å². The van der Waals surface area contributed by atoms with Crippen LogP contribution < -0.4 is 0 Å². The van der Waals surface area contributed by atoms with Crippen LogP contribution in [0.15, 0.2) is 0 Å². The van der Waals surface area contributed by atoms with Gasteiger partial charge in [-0.25, -0.2) is 9.13 Å². The number of ether oxygens (including phenoxy) is 4. The molecular weight excluding hydrogens is 1250 g/mol. The Kier molecular flexibility index (Phi) is 66.5. The summed E-state index contributed by atoms with van der Waals surface area (Å²) in [5, 5.41) is 10.6. The fourth-order valence-corrected chi connectivity index (χ4v) is 13.2. The Morgan fingerprint density at radius 2 is 0.505 bits per heavy atom. The van der Waals surface area contributed by atoms with Crippen molar-refractivity contribution in [3.8, 4) is 0 Å². The van der Waals surface area contributed by atoms with Crippen molar-refractivity contribution in [2.75, 3.05) is 39.6 Å². The molecule has 0 aliphatic carbocycles. The van der Waals surface area contributed by atoms with Crippen LogP contribution in [0.3, 0.4) is 0 Å². The summed E-state index contributed by atoms with van der Waals surface area (Å²) in [6, 6.07) is 0. The molecule has 0 spiro atoms. The van der Waals surface area contributed by atoms with E-state index in [2.05, 4.69) is 41.5 Å². The first-order valence-electron chi connectivity index (χ1n) is 39.6. The first-order chi connectivity index (χ1) is 45.9. The molecule has 0 aliphatic rings. The highest BCUT2D eigenvalue weighted by molar-refractivity contribution is 7.47. The first-order valence-corrected chi connectivity index (χ1v) is 42.6. The Bertz CT molecular complexity index is 1840. The third-order valence-corrected chi connectivity index (χ3v) is 20.3. The molecule has 95 heavy (non-hydrogen) atoms. The molecule has 0 saturated carbocycles. The van der Waals surface area contributed by atoms with E-state index in [-0.39, 0.29) is 25.7 Å². The van der Waals surface area contributed by atoms with Crippen molar-refractivity contribution in [3.63, 3.8) is 0 Å². The second-order valence-corrected chi connectivity index (χ2v) is 30.8. The van der Waals surface area contributed by atoms with Gasteiger partial charge in [-0.05, 0) is 37.5 Å². The maximum atomic E-state index is 13.1. The average molecular weight is 1400 g/mol. The smallest absolute Gasteiger partial charge is 0.462 e. The van der Waals surface area contributed by atoms with Gasteiger partial charge in [0.05, 0.1) is 26.4 Å². The summed E-state index contributed by atoms with van der Waals surface area (Å²) in [4.78, 5) is 72.7. The van der Waals surface area contributed by atoms with Gasteiger partial charge in [0.25, 0.3) is 0 Å². The van der Waals surface area contributed by atoms with Crippen molar-refractivity contribution in [2.24, 2.45) is 11.8 Å². The number of phosphoric acid groups is 2. The number of hydrogen-bond acceptors (Lipinski definition) is 15. The molecule has 0 aromatic carbocycles. The zero-order valence-electron chi connectivity index (χ0n) is 62.0. The van der Waals surface area contributed by atoms with Gasteiger partial charge in [0, 0.05) is 25.7 Å². The first kappa shape index (κ1) is 93.1. The van der Waals surface area contributed by atoms with Crippen LogP contribution in [0, 0.1) is 11.8 Å². The number of aliphatic hydroxyl groups excluding tert-OH is 1. The molecule has 0 rings (SSSR count). The summed E-state index contributed by atoms with van der Waals surface area (Å²) in [6.07, 6.45) is 55.5. The van der Waals surface area contributed by atoms with Crippen LogP contribution in [-0.2, 0) is 65.4 Å². The molecule has 7 atom stereocenters. The Morgan fingerprint density at radius 1 is 0.295 bits per heavy atom. The molecule has 0 saturated heterocycles. The van der Waals surface area contributed by atoms with Gasteiger partial charge in [-0.3, -0.25) is 37.3 Å². The fraction of sp³-hybridized carbons (Fsp3) is 0.947. The van der Waals surface area contributed by atoms with E-state index in [1.54, 1.807) is 0 Å². The van der Waals surface area contributed by atoms with Crippen molar-refractivity contribution in [1.82, 2.24) is 0 Å². The van der Waals surface area contributed by atoms with Gasteiger partial charge in [0.15, 0.2) is 12.2 Å². The van der Waals surface area contributed by atoms with Gasteiger partial charge < -0.3 is 33.8 Å². The van der Waals surface area contributed by atoms with Crippen LogP contribution >= 0.6 is 15.6 Å². The van der Waals surface area contributed by atoms with Gasteiger partial charge in [-0.1, -0.05) is 343 Å². The molecule has 17 nitrogen and oxygen atoms in total. The van der Waals surface area contributed by atoms with Crippen molar-refractivity contribution in [3.05, 3.63) is 0 Å². The number of unbranched alkanes of at least 4 members (excludes halogenated alkanes) is 43. The van der Waals surface area contributed by atoms with Crippen molar-refractivity contribution >= 4 is 39.5 Å². The molecule has 19 heteroatoms. The van der Waals surface area contributed by atoms with E-state index in [0.717, 1.165) is 102 Å². The lowest BCUT2D eigenvalue weighted by atomic mass is 9.99. The summed E-state index contributed by atoms with van der Waals surface area (Å²) in [5.41, 5.74) is 0. The molecule has 0 bridgehead atoms. The summed E-state index contributed by atoms with van der Waals surface area (Å²) in [5.74, 6) is -0.553. The maximum absolute atomic E-state index is 13.1. The van der Waals surface area contributed by atoms with E-state index >= 15 is 0 Å². The molecule has 3 N–H and O–H groups in total. The Morgan fingerprint density at radius 3 is 0.747 bits per heavy atom. The minimum atomic E-state index is -4.96. The monoisotopic (exact) mass is 1400 g/mol. The predicted octanol–water partition coefficient (Wildman–Crippen LogP) is 22.3. The maximum Gasteiger partial charge on any atom is 0.472 e. The minimum absolute atomic E-state index is 0.103. The van der Waals surface area contributed by atoms with Crippen LogP contribution in [0.25, 0.3) is 0 Å². The van der Waals surface area contributed by atoms with Gasteiger partial charge in [-0.15, -0.1) is 0 Å². The highest BCUT2D eigenvalue weighted by Crippen LogP contribution is 2.45. The SMILES string of the molecule is CCCCCCCCCCCCCCCCCCCCC(=O)OC[C@H](COP(=O)(O)OC[C@@H](O)COP(=O)(O)OC[C@@H](COC(=O)CCCCCCCCCCC)OC(=O)CCCCCCCCC(C)CC)OC(=O)CCCCCCCCCCCCCCCCC(C)CC. The second kappa shape index (κ2) is 67.9. The molecule has 4 unspecified atom stereocenters. The Balaban J connectivity index is 5.21. The van der Waals surface area contributed by atoms with E-state index in [9.17, 15) is 43.2 Å². The molecule has 0 aliphatic heterocycles. The number of phosphoric ester groups is 2. The molecule has 0 heterocycles. The zero-order chi connectivity index (χ0) is 70.0. The topological polar surface area (TPSA) is 237 Å². The normalized spacial score (nSPS) is 14.6. The lowest BCUT2D eigenvalue weighted by Gasteiger charge is -2.21. The van der Waals surface area contributed by atoms with E-state index in [1.165, 1.54) is 212 Å². The summed E-state index contributed by atoms with van der Waals surface area (Å²) in [7, 11) is -9.91. The lowest BCUT2D eigenvalue weighted by Crippen LogP contribution is -2.30. The van der Waals surface area contributed by atoms with Crippen LogP contribution in [0.5, 0.6) is 0 Å². The fourth-order valence-electron chi connectivity index (χ4n) is 11.6. The molecule has 0 fully saturated rings. The molecule has 564 valence electrons. The highest BCUT2D eigenvalue weighted by Gasteiger charge is 2.30. The van der Waals surface area contributed by atoms with Crippen molar-refractivity contribution in [1.29, 1.82) is 0 Å². The summed E-state index contributed by atoms with van der Waals surface area (Å²) in [6.45, 7) is 9.58. The molecule has 0 aromatic rings. The number of carbonyl (C=O) groups excluding carboxylic acids is 4. The molecule has 0 aromatic heterocycles. The van der Waals surface area contributed by atoms with E-state index < -0.39 is 97.5 Å². The summed E-state index contributed by atoms with van der Waals surface area (Å²) >= 11 is 0. The van der Waals surface area contributed by atoms with Crippen molar-refractivity contribution < 1.29 is 80.2 Å². The van der Waals surface area contributed by atoms with Gasteiger partial charge in [0.1, 0.15) is 19.3 Å². The third kappa shape index (κ3) is 67.6. The second-order valence-electron chi connectivity index (χ2n) is 27.9. The van der Waals surface area contributed by atoms with E-state index in [4.69, 9.17) is 37.0 Å². The highest BCUT2D eigenvalue weighted by atomic mass is 31.2. The van der Waals surface area contributed by atoms with Gasteiger partial charge in [0.2, 0.25) is 0 Å². The minimum Gasteiger partial charge on any atom is -0.462 e. The Hall–Kier alpha value is -1.94. The predicted molar refractivity (Wildman–Crippen MR) is 386 cm³/mol. The number of esters is 4. The van der Waals surface area contributed by atoms with Crippen LogP contribution in [0.2, 0.25) is 0 Å². The molecular formula is C76H148O17P2. The third-order valence-electron chi connectivity index (χ3n) is 18.4. The number of carbonyl (C=O) groups is 4. The largest absolute Gasteiger partial charge is 0.472 e. The van der Waals surface area contributed by atoms with E-state index in [0.29, 0.717) is 25.7 Å². The number of rotatable bonds is 75. The van der Waals surface area contributed by atoms with Crippen molar-refractivity contribution in [2.45, 2.75) is 413 Å². The lowest BCUT2D eigenvalue weighted by molar-refractivity contribution is -0.161. The van der Waals surface area contributed by atoms with Gasteiger partial charge in [-0.2, -0.15) is 0 Å². The average Bonchev–Trinajstić information content (AvgIpc) is 2.12. The van der Waals surface area contributed by atoms with Crippen LogP contribution in [-0.4, -0.2) is 96.7 Å². The Labute approximate surface area is 581 Å². The number of aliphatic hydroxyl groups is 1. The standard InChI is InChI=1S/C76H148O17P2/c1-7-11-13-15-17-19-20-21-22-23-24-25-29-32-36-40-47-53-59-74(79)87-64-71(92-75(80)60-54-48-41-37-33-30-27-26-28-31-35-38-44-50-56-68(5)9-3)66-90-94(82,83)88-62-70(77)63-89-95(84,85)91-67-72(65-86-73(78)58-52-46-39-34-18-16-14-12-8-2)93-76(81)61-55-49-43-42-45-51-57-69(6)10-4/h68-72,77H,7-67H2,1-6H3,(H,82,83)(H,84,85)/t68?,69?,70-,71-,72-/m1/s1. The molecule has 0 radical (unpaired) electrons. The van der Waals surface area contributed by atoms with Gasteiger partial charge >= 0.3 is 39.5 Å². The quantitative estimate of drug-likeness (QED) is 0.0222. The van der Waals surface area contributed by atoms with Crippen LogP contribution in [0.1, 0.15) is 395 Å². The number of hydrogen-bond donors (Lipinski definition) is 3.